The maximum atomic E-state index is 5.34. The summed E-state index contributed by atoms with van der Waals surface area (Å²) in [5.74, 6) is 1.51. The van der Waals surface area contributed by atoms with E-state index in [1.54, 1.807) is 0 Å². The minimum atomic E-state index is -0.320. The summed E-state index contributed by atoms with van der Waals surface area (Å²) in [6, 6.07) is 68.7. The molecule has 2 aliphatic heterocycles. The number of aliphatic imine (C=N–C) groups is 2. The normalized spacial score (nSPS) is 14.6. The number of amidine groups is 2. The molecule has 0 spiro atoms. The predicted octanol–water partition coefficient (Wildman–Crippen LogP) is 12.1. The number of hydrogen-bond donors (Lipinski definition) is 1. The first-order valence-corrected chi connectivity index (χ1v) is 18.0. The third-order valence-electron chi connectivity index (χ3n) is 10.3. The zero-order valence-corrected chi connectivity index (χ0v) is 28.9. The van der Waals surface area contributed by atoms with Crippen LogP contribution < -0.4 is 10.2 Å². The third kappa shape index (κ3) is 5.40. The maximum absolute atomic E-state index is 5.34. The number of rotatable bonds is 6. The van der Waals surface area contributed by atoms with Crippen LogP contribution in [0, 0.1) is 0 Å². The highest BCUT2D eigenvalue weighted by molar-refractivity contribution is 6.23. The minimum absolute atomic E-state index is 0.320. The van der Waals surface area contributed by atoms with Crippen LogP contribution in [-0.2, 0) is 0 Å². The fraction of sp³-hybridized carbons (Fsp3) is 0.0204. The number of fused-ring (bicyclic) bond motifs is 2. The SMILES string of the molecule is c1ccc(C2=NC(c3ccc4c5c(cccc35)-c3c(-c5ccccc5)cccc3N4c3ccccc3)=NC(c3ccc(-c4ccccc4)cc3)N2)cc1. The number of hydrogen-bond acceptors (Lipinski definition) is 4. The van der Waals surface area contributed by atoms with E-state index in [0.29, 0.717) is 5.84 Å². The number of para-hydroxylation sites is 1. The van der Waals surface area contributed by atoms with Crippen LogP contribution in [0.25, 0.3) is 44.2 Å². The molecule has 1 atom stereocenters. The van der Waals surface area contributed by atoms with E-state index in [-0.39, 0.29) is 6.17 Å². The molecule has 2 heterocycles. The molecule has 0 amide bonds. The van der Waals surface area contributed by atoms with Crippen LogP contribution in [0.15, 0.2) is 204 Å². The summed E-state index contributed by atoms with van der Waals surface area (Å²) < 4.78 is 0. The van der Waals surface area contributed by atoms with Gasteiger partial charge in [-0.15, -0.1) is 0 Å². The fourth-order valence-electron chi connectivity index (χ4n) is 7.80. The monoisotopic (exact) mass is 678 g/mol. The van der Waals surface area contributed by atoms with Crippen molar-refractivity contribution in [3.8, 4) is 33.4 Å². The van der Waals surface area contributed by atoms with Crippen molar-refractivity contribution in [2.45, 2.75) is 6.17 Å². The second kappa shape index (κ2) is 12.9. The highest BCUT2D eigenvalue weighted by atomic mass is 15.2. The second-order valence-electron chi connectivity index (χ2n) is 13.4. The Labute approximate surface area is 309 Å². The Morgan fingerprint density at radius 2 is 1.04 bits per heavy atom. The fourth-order valence-corrected chi connectivity index (χ4v) is 7.80. The summed E-state index contributed by atoms with van der Waals surface area (Å²) in [6.45, 7) is 0. The molecule has 10 rings (SSSR count). The second-order valence-corrected chi connectivity index (χ2v) is 13.4. The Balaban J connectivity index is 1.18. The molecule has 53 heavy (non-hydrogen) atoms. The van der Waals surface area contributed by atoms with E-state index < -0.39 is 0 Å². The van der Waals surface area contributed by atoms with Gasteiger partial charge in [0.15, 0.2) is 5.84 Å². The summed E-state index contributed by atoms with van der Waals surface area (Å²) in [5.41, 5.74) is 13.7. The Morgan fingerprint density at radius 3 is 1.75 bits per heavy atom. The van der Waals surface area contributed by atoms with Gasteiger partial charge in [0.2, 0.25) is 0 Å². The molecule has 1 N–H and O–H groups in total. The standard InChI is InChI=1S/C49H34N4/c1-5-15-33(16-6-1)34-27-29-37(30-28-34)48-50-47(36-19-9-3-10-20-36)51-49(52-48)41-31-32-44-46-40(41)24-13-25-42(46)45-39(35-17-7-2-8-18-35)23-14-26-43(45)53(44)38-21-11-4-12-22-38/h1-32,48H,(H,50,51,52). The summed E-state index contributed by atoms with van der Waals surface area (Å²) in [4.78, 5) is 13.0. The summed E-state index contributed by atoms with van der Waals surface area (Å²) in [5, 5.41) is 5.96. The van der Waals surface area contributed by atoms with Crippen LogP contribution in [0.5, 0.6) is 0 Å². The molecule has 2 aliphatic rings. The molecular formula is C49H34N4. The van der Waals surface area contributed by atoms with Gasteiger partial charge in [0.1, 0.15) is 12.0 Å². The van der Waals surface area contributed by atoms with Crippen LogP contribution in [-0.4, -0.2) is 11.7 Å². The van der Waals surface area contributed by atoms with Gasteiger partial charge in [-0.05, 0) is 69.1 Å². The molecule has 8 aromatic carbocycles. The quantitative estimate of drug-likeness (QED) is 0.190. The van der Waals surface area contributed by atoms with Crippen molar-refractivity contribution in [1.82, 2.24) is 5.32 Å². The summed E-state index contributed by atoms with van der Waals surface area (Å²) >= 11 is 0. The van der Waals surface area contributed by atoms with E-state index in [2.05, 4.69) is 192 Å². The van der Waals surface area contributed by atoms with E-state index in [0.717, 1.165) is 45.0 Å². The van der Waals surface area contributed by atoms with Gasteiger partial charge in [-0.2, -0.15) is 0 Å². The van der Waals surface area contributed by atoms with E-state index in [9.17, 15) is 0 Å². The Bertz CT molecular complexity index is 2670. The van der Waals surface area contributed by atoms with Crippen molar-refractivity contribution in [2.75, 3.05) is 4.90 Å². The zero-order chi connectivity index (χ0) is 35.1. The van der Waals surface area contributed by atoms with Crippen molar-refractivity contribution in [1.29, 1.82) is 0 Å². The van der Waals surface area contributed by atoms with Crippen molar-refractivity contribution in [3.63, 3.8) is 0 Å². The largest absolute Gasteiger partial charge is 0.344 e. The Morgan fingerprint density at radius 1 is 0.434 bits per heavy atom. The first-order chi connectivity index (χ1) is 26.3. The topological polar surface area (TPSA) is 40.0 Å². The minimum Gasteiger partial charge on any atom is -0.344 e. The van der Waals surface area contributed by atoms with E-state index in [1.165, 1.54) is 38.8 Å². The molecule has 250 valence electrons. The number of anilines is 3. The third-order valence-corrected chi connectivity index (χ3v) is 10.3. The van der Waals surface area contributed by atoms with Gasteiger partial charge in [0, 0.05) is 27.8 Å². The number of benzene rings is 8. The van der Waals surface area contributed by atoms with Crippen molar-refractivity contribution in [3.05, 3.63) is 211 Å². The van der Waals surface area contributed by atoms with Gasteiger partial charge in [0.25, 0.3) is 0 Å². The van der Waals surface area contributed by atoms with Gasteiger partial charge in [-0.3, -0.25) is 0 Å². The zero-order valence-electron chi connectivity index (χ0n) is 28.9. The lowest BCUT2D eigenvalue weighted by molar-refractivity contribution is 0.674. The summed E-state index contributed by atoms with van der Waals surface area (Å²) in [7, 11) is 0. The lowest BCUT2D eigenvalue weighted by Crippen LogP contribution is -2.33. The van der Waals surface area contributed by atoms with Crippen LogP contribution in [0.3, 0.4) is 0 Å². The Kier molecular flexibility index (Phi) is 7.51. The molecule has 0 fully saturated rings. The van der Waals surface area contributed by atoms with Gasteiger partial charge in [0.05, 0.1) is 11.4 Å². The van der Waals surface area contributed by atoms with Gasteiger partial charge in [-0.1, -0.05) is 164 Å². The molecule has 0 aromatic heterocycles. The molecule has 4 nitrogen and oxygen atoms in total. The number of nitrogens with zero attached hydrogens (tertiary/aromatic N) is 3. The molecule has 0 saturated carbocycles. The average Bonchev–Trinajstić information content (AvgIpc) is 3.25. The molecule has 8 aromatic rings. The van der Waals surface area contributed by atoms with Crippen LogP contribution in [0.4, 0.5) is 17.1 Å². The molecule has 1 unspecified atom stereocenters. The molecular weight excluding hydrogens is 645 g/mol. The predicted molar refractivity (Wildman–Crippen MR) is 220 cm³/mol. The van der Waals surface area contributed by atoms with Gasteiger partial charge >= 0.3 is 0 Å². The molecule has 0 bridgehead atoms. The maximum Gasteiger partial charge on any atom is 0.160 e. The van der Waals surface area contributed by atoms with E-state index >= 15 is 0 Å². The Hall–Kier alpha value is -7.04. The van der Waals surface area contributed by atoms with Crippen molar-refractivity contribution in [2.24, 2.45) is 9.98 Å². The summed E-state index contributed by atoms with van der Waals surface area (Å²) in [6.07, 6.45) is -0.320. The van der Waals surface area contributed by atoms with Crippen molar-refractivity contribution >= 4 is 39.5 Å². The first-order valence-electron chi connectivity index (χ1n) is 18.0. The van der Waals surface area contributed by atoms with Crippen LogP contribution in [0.1, 0.15) is 22.9 Å². The highest BCUT2D eigenvalue weighted by Crippen LogP contribution is 2.54. The lowest BCUT2D eigenvalue weighted by atomic mass is 9.85. The van der Waals surface area contributed by atoms with Crippen LogP contribution >= 0.6 is 0 Å². The average molecular weight is 679 g/mol. The molecule has 0 aliphatic carbocycles. The molecule has 4 heteroatoms. The molecule has 0 radical (unpaired) electrons. The van der Waals surface area contributed by atoms with E-state index in [4.69, 9.17) is 9.98 Å². The smallest absolute Gasteiger partial charge is 0.160 e. The molecule has 0 saturated heterocycles. The van der Waals surface area contributed by atoms with Gasteiger partial charge < -0.3 is 10.2 Å². The van der Waals surface area contributed by atoms with Gasteiger partial charge in [-0.25, -0.2) is 9.98 Å². The number of nitrogens with one attached hydrogen (secondary N) is 1. The lowest BCUT2D eigenvalue weighted by Gasteiger charge is -2.35. The first kappa shape index (κ1) is 30.8. The van der Waals surface area contributed by atoms with Crippen molar-refractivity contribution < 1.29 is 0 Å². The highest BCUT2D eigenvalue weighted by Gasteiger charge is 2.30. The van der Waals surface area contributed by atoms with Crippen LogP contribution in [0.2, 0.25) is 0 Å². The van der Waals surface area contributed by atoms with E-state index in [1.807, 2.05) is 12.1 Å².